The van der Waals surface area contributed by atoms with E-state index in [9.17, 15) is 19.2 Å². The zero-order valence-electron chi connectivity index (χ0n) is 29.0. The number of aryl methyl sites for hydroxylation is 1. The minimum absolute atomic E-state index is 0.0266. The lowest BCUT2D eigenvalue weighted by atomic mass is 9.80. The number of nitrogen functional groups attached to an aromatic ring is 1. The summed E-state index contributed by atoms with van der Waals surface area (Å²) in [4.78, 5) is 65.2. The maximum Gasteiger partial charge on any atom is 0.519 e. The molecule has 0 radical (unpaired) electrons. The van der Waals surface area contributed by atoms with Gasteiger partial charge in [0, 0.05) is 27.8 Å². The molecule has 1 unspecified atom stereocenters. The van der Waals surface area contributed by atoms with Crippen LogP contribution in [0.1, 0.15) is 40.8 Å². The third-order valence-electron chi connectivity index (χ3n) is 8.81. The van der Waals surface area contributed by atoms with Gasteiger partial charge in [-0.1, -0.05) is 108 Å². The number of thioether (sulfide) groups is 1. The van der Waals surface area contributed by atoms with E-state index >= 15 is 0 Å². The Morgan fingerprint density at radius 3 is 2.13 bits per heavy atom. The Balaban J connectivity index is 1.20. The number of carbonyl (C=O) groups excluding carboxylic acids is 3. The van der Waals surface area contributed by atoms with E-state index < -0.39 is 40.6 Å². The zero-order chi connectivity index (χ0) is 37.8. The number of carbonyl (C=O) groups is 3. The lowest BCUT2D eigenvalue weighted by molar-refractivity contribution is -0.153. The number of β-lactam (4-membered cyclic amide) rings is 1. The Morgan fingerprint density at radius 1 is 1.00 bits per heavy atom. The zero-order valence-corrected chi connectivity index (χ0v) is 30.6. The number of ether oxygens (including phenoxy) is 1. The van der Waals surface area contributed by atoms with E-state index in [1.54, 1.807) is 24.5 Å². The molecule has 54 heavy (non-hydrogen) atoms. The van der Waals surface area contributed by atoms with Gasteiger partial charge in [-0.25, -0.2) is 14.6 Å². The van der Waals surface area contributed by atoms with Crippen LogP contribution in [0.3, 0.4) is 0 Å². The van der Waals surface area contributed by atoms with Gasteiger partial charge in [-0.05, 0) is 19.4 Å². The van der Waals surface area contributed by atoms with Crippen molar-refractivity contribution in [2.75, 3.05) is 11.5 Å². The summed E-state index contributed by atoms with van der Waals surface area (Å²) in [6, 6.07) is 27.5. The van der Waals surface area contributed by atoms with Gasteiger partial charge in [0.15, 0.2) is 29.0 Å². The second kappa shape index (κ2) is 15.4. The number of hydrogen-bond donors (Lipinski definition) is 2. The Hall–Kier alpha value is -6.19. The minimum Gasteiger partial charge on any atom is -0.453 e. The Morgan fingerprint density at radius 2 is 1.61 bits per heavy atom. The normalized spacial score (nSPS) is 17.3. The molecule has 0 bridgehead atoms. The number of nitrogens with two attached hydrogens (primary N) is 1. The van der Waals surface area contributed by atoms with E-state index in [0.717, 1.165) is 28.0 Å². The number of nitrogens with zero attached hydrogens (tertiary/aromatic N) is 3. The predicted molar refractivity (Wildman–Crippen MR) is 202 cm³/mol. The molecule has 0 spiro atoms. The molecule has 3 aromatic carbocycles. The molecule has 2 atom stereocenters. The smallest absolute Gasteiger partial charge is 0.453 e. The summed E-state index contributed by atoms with van der Waals surface area (Å²) in [5, 5.41) is 8.47. The van der Waals surface area contributed by atoms with Gasteiger partial charge in [0.25, 0.3) is 11.8 Å². The van der Waals surface area contributed by atoms with E-state index in [1.165, 1.54) is 23.6 Å². The van der Waals surface area contributed by atoms with Crippen LogP contribution in [0.4, 0.5) is 5.13 Å². The van der Waals surface area contributed by atoms with Crippen molar-refractivity contribution >= 4 is 51.7 Å². The van der Waals surface area contributed by atoms with Crippen LogP contribution in [0.2, 0.25) is 0 Å². The standard InChI is InChI=1S/C39H33N5O8S2/c1-3-13-24-21-53-35-31(34(46)44(35)32(24)36(47)49-20-29-23(2)50-38(48)51-29)42-33(45)30(28-22-54-37(40)41-28)43-52-39(25-14-7-4-8-15-25,26-16-9-5-10-17-26)27-18-11-6-12-19-27/h3-19,22,31,35H,20-21H2,1-2H3,(H2,40,41)(H,42,45)/b13-3-,43-30-/t31?,35-/m0/s1. The van der Waals surface area contributed by atoms with E-state index in [1.807, 2.05) is 91.0 Å². The van der Waals surface area contributed by atoms with Crippen molar-refractivity contribution < 1.29 is 32.8 Å². The highest BCUT2D eigenvalue weighted by Gasteiger charge is 2.54. The second-order valence-corrected chi connectivity index (χ2v) is 14.1. The highest BCUT2D eigenvalue weighted by Crippen LogP contribution is 2.42. The Bertz CT molecular complexity index is 2240. The fourth-order valence-electron chi connectivity index (χ4n) is 6.27. The molecule has 1 fully saturated rings. The van der Waals surface area contributed by atoms with Crippen LogP contribution in [0.15, 0.2) is 139 Å². The van der Waals surface area contributed by atoms with Crippen LogP contribution in [-0.4, -0.2) is 50.5 Å². The van der Waals surface area contributed by atoms with Crippen molar-refractivity contribution in [1.29, 1.82) is 0 Å². The monoisotopic (exact) mass is 763 g/mol. The lowest BCUT2D eigenvalue weighted by Crippen LogP contribution is -2.71. The van der Waals surface area contributed by atoms with Crippen molar-refractivity contribution in [1.82, 2.24) is 15.2 Å². The van der Waals surface area contributed by atoms with Gasteiger partial charge < -0.3 is 29.5 Å². The number of oxime groups is 1. The molecule has 5 aromatic rings. The predicted octanol–water partition coefficient (Wildman–Crippen LogP) is 5.27. The van der Waals surface area contributed by atoms with Crippen molar-refractivity contribution in [3.63, 3.8) is 0 Å². The highest BCUT2D eigenvalue weighted by atomic mass is 32.2. The summed E-state index contributed by atoms with van der Waals surface area (Å²) in [6.07, 6.45) is 3.46. The molecule has 4 heterocycles. The molecule has 2 amide bonds. The maximum atomic E-state index is 14.2. The largest absolute Gasteiger partial charge is 0.519 e. The first kappa shape index (κ1) is 36.2. The van der Waals surface area contributed by atoms with Crippen molar-refractivity contribution in [3.05, 3.63) is 164 Å². The SMILES string of the molecule is C/C=C\C1=C(C(=O)OCc2oc(=O)oc2C)N2C(=O)C(NC(=O)/C(=N\OC(c3ccccc3)(c3ccccc3)c3ccccc3)c3csc(N)n3)[C@@H]2SC1. The van der Waals surface area contributed by atoms with Gasteiger partial charge in [0.05, 0.1) is 0 Å². The molecule has 2 aliphatic heterocycles. The quantitative estimate of drug-likeness (QED) is 0.0556. The van der Waals surface area contributed by atoms with Crippen molar-refractivity contribution in [2.24, 2.45) is 5.16 Å². The number of nitrogens with one attached hydrogen (secondary N) is 1. The van der Waals surface area contributed by atoms with Gasteiger partial charge in [0.2, 0.25) is 5.60 Å². The molecule has 15 heteroatoms. The summed E-state index contributed by atoms with van der Waals surface area (Å²) in [5.74, 6) is -2.43. The lowest BCUT2D eigenvalue weighted by Gasteiger charge is -2.49. The van der Waals surface area contributed by atoms with E-state index in [4.69, 9.17) is 24.1 Å². The number of fused-ring (bicyclic) bond motifs is 1. The number of benzene rings is 3. The highest BCUT2D eigenvalue weighted by molar-refractivity contribution is 8.00. The topological polar surface area (TPSA) is 180 Å². The third-order valence-corrected chi connectivity index (χ3v) is 10.8. The molecular formula is C39H33N5O8S2. The number of amides is 2. The van der Waals surface area contributed by atoms with Crippen LogP contribution >= 0.6 is 23.1 Å². The first-order valence-corrected chi connectivity index (χ1v) is 18.7. The molecule has 2 aromatic heterocycles. The number of hydrogen-bond acceptors (Lipinski definition) is 13. The first-order chi connectivity index (χ1) is 26.2. The molecule has 0 saturated carbocycles. The van der Waals surface area contributed by atoms with Gasteiger partial charge in [-0.2, -0.15) is 0 Å². The van der Waals surface area contributed by atoms with Crippen LogP contribution < -0.4 is 16.9 Å². The van der Waals surface area contributed by atoms with Crippen LogP contribution in [0, 0.1) is 6.92 Å². The van der Waals surface area contributed by atoms with Crippen LogP contribution in [-0.2, 0) is 36.2 Å². The summed E-state index contributed by atoms with van der Waals surface area (Å²) in [7, 11) is 0. The first-order valence-electron chi connectivity index (χ1n) is 16.7. The number of aromatic nitrogens is 1. The minimum atomic E-state index is -1.31. The van der Waals surface area contributed by atoms with Crippen molar-refractivity contribution in [3.8, 4) is 0 Å². The molecule has 0 aliphatic carbocycles. The molecular weight excluding hydrogens is 731 g/mol. The number of allylic oxidation sites excluding steroid dienone is 2. The van der Waals surface area contributed by atoms with Gasteiger partial charge in [0.1, 0.15) is 22.8 Å². The summed E-state index contributed by atoms with van der Waals surface area (Å²) >= 11 is 2.49. The van der Waals surface area contributed by atoms with E-state index in [0.29, 0.717) is 11.3 Å². The van der Waals surface area contributed by atoms with Crippen molar-refractivity contribution in [2.45, 2.75) is 37.5 Å². The molecule has 3 N–H and O–H groups in total. The van der Waals surface area contributed by atoms with Gasteiger partial charge >= 0.3 is 11.8 Å². The Kier molecular flexibility index (Phi) is 10.3. The summed E-state index contributed by atoms with van der Waals surface area (Å²) in [5.41, 5.74) is 7.48. The number of anilines is 1. The third kappa shape index (κ3) is 6.86. The average Bonchev–Trinajstić information content (AvgIpc) is 3.77. The number of rotatable bonds is 12. The van der Waals surface area contributed by atoms with E-state index in [2.05, 4.69) is 15.5 Å². The van der Waals surface area contributed by atoms with Crippen LogP contribution in [0.5, 0.6) is 0 Å². The fourth-order valence-corrected chi connectivity index (χ4v) is 8.13. The number of thiazole rings is 1. The summed E-state index contributed by atoms with van der Waals surface area (Å²) in [6.45, 7) is 2.91. The molecule has 274 valence electrons. The fraction of sp³-hybridized carbons (Fsp3) is 0.179. The number of esters is 1. The maximum absolute atomic E-state index is 14.2. The van der Waals surface area contributed by atoms with Crippen LogP contribution in [0.25, 0.3) is 0 Å². The summed E-state index contributed by atoms with van der Waals surface area (Å²) < 4.78 is 15.3. The molecule has 7 rings (SSSR count). The molecule has 2 aliphatic rings. The Labute approximate surface area is 317 Å². The molecule has 13 nitrogen and oxygen atoms in total. The van der Waals surface area contributed by atoms with Gasteiger partial charge in [-0.3, -0.25) is 14.5 Å². The average molecular weight is 764 g/mol. The molecule has 1 saturated heterocycles. The van der Waals surface area contributed by atoms with Gasteiger partial charge in [-0.15, -0.1) is 23.1 Å². The van der Waals surface area contributed by atoms with E-state index in [-0.39, 0.29) is 40.4 Å². The second-order valence-electron chi connectivity index (χ2n) is 12.1.